The number of hydrogen-bond acceptors (Lipinski definition) is 3. The average Bonchev–Trinajstić information content (AvgIpc) is 2.30. The standard InChI is InChI=1S/C8H9N3O/c1-5-4-11-8(9-5)3-7(12)6(2)10-11/h3-4,12H,1-2H3. The van der Waals surface area contributed by atoms with E-state index in [4.69, 9.17) is 0 Å². The zero-order valence-electron chi connectivity index (χ0n) is 6.94. The summed E-state index contributed by atoms with van der Waals surface area (Å²) in [4.78, 5) is 4.16. The molecule has 0 spiro atoms. The molecule has 0 bridgehead atoms. The lowest BCUT2D eigenvalue weighted by Crippen LogP contribution is -1.92. The van der Waals surface area contributed by atoms with E-state index in [1.54, 1.807) is 17.5 Å². The highest BCUT2D eigenvalue weighted by molar-refractivity contribution is 5.44. The number of rotatable bonds is 0. The molecule has 0 fully saturated rings. The highest BCUT2D eigenvalue weighted by Gasteiger charge is 2.02. The molecular formula is C8H9N3O. The summed E-state index contributed by atoms with van der Waals surface area (Å²) in [6.45, 7) is 3.64. The van der Waals surface area contributed by atoms with Gasteiger partial charge in [0.1, 0.15) is 11.4 Å². The van der Waals surface area contributed by atoms with Crippen molar-refractivity contribution in [3.05, 3.63) is 23.7 Å². The number of hydrogen-bond donors (Lipinski definition) is 1. The predicted octanol–water partition coefficient (Wildman–Crippen LogP) is 1.05. The van der Waals surface area contributed by atoms with Crippen LogP contribution in [0.4, 0.5) is 0 Å². The molecule has 0 aliphatic rings. The summed E-state index contributed by atoms with van der Waals surface area (Å²) < 4.78 is 1.66. The average molecular weight is 163 g/mol. The molecule has 2 rings (SSSR count). The molecule has 2 aromatic heterocycles. The monoisotopic (exact) mass is 163 g/mol. The summed E-state index contributed by atoms with van der Waals surface area (Å²) in [7, 11) is 0. The molecule has 0 saturated heterocycles. The molecule has 0 unspecified atom stereocenters. The van der Waals surface area contributed by atoms with E-state index in [2.05, 4.69) is 10.1 Å². The van der Waals surface area contributed by atoms with E-state index < -0.39 is 0 Å². The molecule has 62 valence electrons. The van der Waals surface area contributed by atoms with Gasteiger partial charge in [-0.1, -0.05) is 0 Å². The van der Waals surface area contributed by atoms with Gasteiger partial charge >= 0.3 is 0 Å². The summed E-state index contributed by atoms with van der Waals surface area (Å²) in [6, 6.07) is 1.61. The van der Waals surface area contributed by atoms with Crippen LogP contribution in [0.1, 0.15) is 11.4 Å². The lowest BCUT2D eigenvalue weighted by molar-refractivity contribution is 0.465. The van der Waals surface area contributed by atoms with Crippen molar-refractivity contribution in [3.8, 4) is 5.75 Å². The molecule has 1 N–H and O–H groups in total. The van der Waals surface area contributed by atoms with Crippen molar-refractivity contribution in [1.82, 2.24) is 14.6 Å². The number of imidazole rings is 1. The molecule has 2 aromatic rings. The van der Waals surface area contributed by atoms with Crippen LogP contribution in [0.5, 0.6) is 5.75 Å². The van der Waals surface area contributed by atoms with Gasteiger partial charge in [-0.25, -0.2) is 9.50 Å². The third kappa shape index (κ3) is 0.922. The quantitative estimate of drug-likeness (QED) is 0.631. The van der Waals surface area contributed by atoms with Gasteiger partial charge in [-0.05, 0) is 13.8 Å². The molecule has 0 amide bonds. The third-order valence-corrected chi connectivity index (χ3v) is 1.73. The van der Waals surface area contributed by atoms with Crippen LogP contribution >= 0.6 is 0 Å². The molecular weight excluding hydrogens is 154 g/mol. The Morgan fingerprint density at radius 1 is 1.42 bits per heavy atom. The van der Waals surface area contributed by atoms with Gasteiger partial charge in [0.2, 0.25) is 0 Å². The van der Waals surface area contributed by atoms with E-state index in [1.807, 2.05) is 13.1 Å². The fourth-order valence-corrected chi connectivity index (χ4v) is 1.12. The summed E-state index contributed by atoms with van der Waals surface area (Å²) in [5.41, 5.74) is 2.18. The van der Waals surface area contributed by atoms with Crippen molar-refractivity contribution < 1.29 is 5.11 Å². The number of aromatic nitrogens is 3. The maximum Gasteiger partial charge on any atom is 0.157 e. The van der Waals surface area contributed by atoms with Crippen LogP contribution in [-0.2, 0) is 0 Å². The van der Waals surface area contributed by atoms with Gasteiger partial charge in [-0.3, -0.25) is 0 Å². The topological polar surface area (TPSA) is 50.4 Å². The summed E-state index contributed by atoms with van der Waals surface area (Å²) >= 11 is 0. The second-order valence-corrected chi connectivity index (χ2v) is 2.80. The summed E-state index contributed by atoms with van der Waals surface area (Å²) in [5, 5.41) is 13.4. The predicted molar refractivity (Wildman–Crippen MR) is 44.1 cm³/mol. The van der Waals surface area contributed by atoms with Gasteiger partial charge in [0.05, 0.1) is 11.9 Å². The normalized spacial score (nSPS) is 10.8. The van der Waals surface area contributed by atoms with Crippen LogP contribution < -0.4 is 0 Å². The van der Waals surface area contributed by atoms with Crippen LogP contribution in [0, 0.1) is 13.8 Å². The van der Waals surface area contributed by atoms with Crippen LogP contribution in [-0.4, -0.2) is 19.7 Å². The van der Waals surface area contributed by atoms with Crippen molar-refractivity contribution in [2.75, 3.05) is 0 Å². The van der Waals surface area contributed by atoms with Gasteiger partial charge in [0.25, 0.3) is 0 Å². The molecule has 0 radical (unpaired) electrons. The van der Waals surface area contributed by atoms with Crippen LogP contribution in [0.2, 0.25) is 0 Å². The second kappa shape index (κ2) is 2.20. The minimum Gasteiger partial charge on any atom is -0.506 e. The molecule has 2 heterocycles. The molecule has 0 aromatic carbocycles. The first-order valence-corrected chi connectivity index (χ1v) is 3.69. The maximum atomic E-state index is 9.31. The first kappa shape index (κ1) is 7.09. The van der Waals surface area contributed by atoms with Gasteiger partial charge in [-0.2, -0.15) is 5.10 Å². The Labute approximate surface area is 69.5 Å². The van der Waals surface area contributed by atoms with Crippen molar-refractivity contribution in [2.45, 2.75) is 13.8 Å². The maximum absolute atomic E-state index is 9.31. The minimum atomic E-state index is 0.188. The zero-order chi connectivity index (χ0) is 8.72. The second-order valence-electron chi connectivity index (χ2n) is 2.80. The zero-order valence-corrected chi connectivity index (χ0v) is 6.94. The largest absolute Gasteiger partial charge is 0.506 e. The smallest absolute Gasteiger partial charge is 0.157 e. The fraction of sp³-hybridized carbons (Fsp3) is 0.250. The van der Waals surface area contributed by atoms with E-state index in [9.17, 15) is 5.11 Å². The van der Waals surface area contributed by atoms with Crippen LogP contribution in [0.25, 0.3) is 5.65 Å². The lowest BCUT2D eigenvalue weighted by Gasteiger charge is -1.97. The Morgan fingerprint density at radius 2 is 2.17 bits per heavy atom. The van der Waals surface area contributed by atoms with Crippen LogP contribution in [0.15, 0.2) is 12.3 Å². The van der Waals surface area contributed by atoms with E-state index in [0.717, 1.165) is 5.69 Å². The van der Waals surface area contributed by atoms with Gasteiger partial charge in [0, 0.05) is 6.07 Å². The Morgan fingerprint density at radius 3 is 2.92 bits per heavy atom. The van der Waals surface area contributed by atoms with Gasteiger partial charge in [0.15, 0.2) is 5.65 Å². The number of aryl methyl sites for hydroxylation is 2. The molecule has 0 aliphatic carbocycles. The van der Waals surface area contributed by atoms with Crippen molar-refractivity contribution in [3.63, 3.8) is 0 Å². The number of nitrogens with zero attached hydrogens (tertiary/aromatic N) is 3. The number of fused-ring (bicyclic) bond motifs is 1. The highest BCUT2D eigenvalue weighted by Crippen LogP contribution is 2.14. The van der Waals surface area contributed by atoms with E-state index in [1.165, 1.54) is 0 Å². The molecule has 0 aliphatic heterocycles. The Bertz CT molecular complexity index is 394. The first-order chi connectivity index (χ1) is 5.66. The fourth-order valence-electron chi connectivity index (χ4n) is 1.12. The summed E-state index contributed by atoms with van der Waals surface area (Å²) in [5.74, 6) is 0.188. The molecule has 4 nitrogen and oxygen atoms in total. The molecule has 0 atom stereocenters. The molecule has 12 heavy (non-hydrogen) atoms. The van der Waals surface area contributed by atoms with E-state index in [0.29, 0.717) is 11.3 Å². The van der Waals surface area contributed by atoms with Crippen molar-refractivity contribution >= 4 is 5.65 Å². The molecule has 4 heteroatoms. The van der Waals surface area contributed by atoms with Gasteiger partial charge < -0.3 is 5.11 Å². The minimum absolute atomic E-state index is 0.188. The van der Waals surface area contributed by atoms with Gasteiger partial charge in [-0.15, -0.1) is 0 Å². The Hall–Kier alpha value is -1.58. The van der Waals surface area contributed by atoms with Crippen molar-refractivity contribution in [1.29, 1.82) is 0 Å². The lowest BCUT2D eigenvalue weighted by atomic mass is 10.4. The van der Waals surface area contributed by atoms with Crippen LogP contribution in [0.3, 0.4) is 0 Å². The first-order valence-electron chi connectivity index (χ1n) is 3.69. The molecule has 0 saturated carbocycles. The Balaban J connectivity index is 2.83. The highest BCUT2D eigenvalue weighted by atomic mass is 16.3. The SMILES string of the molecule is Cc1cn2nc(C)c(O)cc2n1. The van der Waals surface area contributed by atoms with E-state index in [-0.39, 0.29) is 5.75 Å². The van der Waals surface area contributed by atoms with Crippen molar-refractivity contribution in [2.24, 2.45) is 0 Å². The van der Waals surface area contributed by atoms with E-state index >= 15 is 0 Å². The summed E-state index contributed by atoms with van der Waals surface area (Å²) in [6.07, 6.45) is 1.82. The third-order valence-electron chi connectivity index (χ3n) is 1.73. The number of aromatic hydroxyl groups is 1. The Kier molecular flexibility index (Phi) is 1.30.